The minimum Gasteiger partial charge on any atom is -0.486 e. The van der Waals surface area contributed by atoms with Crippen molar-refractivity contribution in [3.8, 4) is 23.5 Å². The molecule has 0 bridgehead atoms. The second kappa shape index (κ2) is 8.23. The number of oxazole rings is 1. The molecule has 134 valence electrons. The molecule has 26 heavy (non-hydrogen) atoms. The van der Waals surface area contributed by atoms with Crippen molar-refractivity contribution in [1.82, 2.24) is 9.88 Å². The molecule has 0 saturated carbocycles. The highest BCUT2D eigenvalue weighted by atomic mass is 16.5. The quantitative estimate of drug-likeness (QED) is 0.665. The molecule has 0 atom stereocenters. The highest BCUT2D eigenvalue weighted by Crippen LogP contribution is 2.27. The predicted molar refractivity (Wildman–Crippen MR) is 96.7 cm³/mol. The minimum absolute atomic E-state index is 0.206. The highest BCUT2D eigenvalue weighted by Gasteiger charge is 2.17. The first-order chi connectivity index (χ1) is 12.7. The lowest BCUT2D eigenvalue weighted by molar-refractivity contribution is 0.271. The van der Waals surface area contributed by atoms with Gasteiger partial charge >= 0.3 is 0 Å². The van der Waals surface area contributed by atoms with Crippen LogP contribution in [0, 0.1) is 11.3 Å². The summed E-state index contributed by atoms with van der Waals surface area (Å²) in [6.07, 6.45) is 0. The van der Waals surface area contributed by atoms with E-state index in [0.29, 0.717) is 30.6 Å². The van der Waals surface area contributed by atoms with Gasteiger partial charge in [0.1, 0.15) is 24.2 Å². The van der Waals surface area contributed by atoms with Gasteiger partial charge in [-0.2, -0.15) is 10.2 Å². The molecule has 1 aromatic carbocycles. The van der Waals surface area contributed by atoms with Gasteiger partial charge in [0.15, 0.2) is 5.76 Å². The fourth-order valence-electron chi connectivity index (χ4n) is 2.26. The molecular weight excluding hydrogens is 332 g/mol. The number of para-hydroxylation sites is 1. The van der Waals surface area contributed by atoms with E-state index in [4.69, 9.17) is 13.6 Å². The van der Waals surface area contributed by atoms with E-state index in [-0.39, 0.29) is 11.6 Å². The number of hydrogen-bond acceptors (Lipinski definition) is 7. The molecule has 2 heterocycles. The van der Waals surface area contributed by atoms with Gasteiger partial charge in [0.05, 0.1) is 0 Å². The first kappa shape index (κ1) is 17.6. The maximum absolute atomic E-state index is 9.23. The van der Waals surface area contributed by atoms with Crippen LogP contribution in [0.1, 0.15) is 11.5 Å². The fourth-order valence-corrected chi connectivity index (χ4v) is 2.26. The van der Waals surface area contributed by atoms with Crippen LogP contribution >= 0.6 is 0 Å². The average molecular weight is 352 g/mol. The molecule has 0 unspecified atom stereocenters. The third-order valence-electron chi connectivity index (χ3n) is 3.57. The molecule has 0 amide bonds. The zero-order chi connectivity index (χ0) is 18.4. The first-order valence-electron chi connectivity index (χ1n) is 8.22. The van der Waals surface area contributed by atoms with Gasteiger partial charge in [-0.15, -0.1) is 0 Å². The van der Waals surface area contributed by atoms with Crippen LogP contribution in [-0.2, 0) is 6.61 Å². The Kier molecular flexibility index (Phi) is 5.56. The number of nitrogens with zero attached hydrogens (tertiary/aromatic N) is 3. The highest BCUT2D eigenvalue weighted by molar-refractivity contribution is 5.54. The largest absolute Gasteiger partial charge is 0.486 e. The van der Waals surface area contributed by atoms with Crippen LogP contribution in [0.25, 0.3) is 11.7 Å². The Hall–Kier alpha value is -3.24. The van der Waals surface area contributed by atoms with E-state index >= 15 is 0 Å². The van der Waals surface area contributed by atoms with Crippen LogP contribution in [0.5, 0.6) is 5.75 Å². The fraction of sp³-hybridized carbons (Fsp3) is 0.263. The Bertz CT molecular complexity index is 878. The number of furan rings is 1. The van der Waals surface area contributed by atoms with Gasteiger partial charge in [0, 0.05) is 13.1 Å². The summed E-state index contributed by atoms with van der Waals surface area (Å²) in [7, 11) is 3.95. The summed E-state index contributed by atoms with van der Waals surface area (Å²) in [5.74, 6) is 2.47. The molecule has 7 heteroatoms. The number of hydrogen-bond donors (Lipinski definition) is 1. The van der Waals surface area contributed by atoms with Gasteiger partial charge in [-0.25, -0.2) is 0 Å². The summed E-state index contributed by atoms with van der Waals surface area (Å²) in [5.41, 5.74) is 0.206. The van der Waals surface area contributed by atoms with Crippen LogP contribution < -0.4 is 10.1 Å². The van der Waals surface area contributed by atoms with E-state index < -0.39 is 0 Å². The molecule has 7 nitrogen and oxygen atoms in total. The second-order valence-corrected chi connectivity index (χ2v) is 5.91. The number of aromatic nitrogens is 1. The summed E-state index contributed by atoms with van der Waals surface area (Å²) in [5, 5.41) is 12.3. The van der Waals surface area contributed by atoms with E-state index in [2.05, 4.69) is 10.3 Å². The second-order valence-electron chi connectivity index (χ2n) is 5.91. The van der Waals surface area contributed by atoms with Crippen molar-refractivity contribution in [2.24, 2.45) is 0 Å². The van der Waals surface area contributed by atoms with E-state index in [1.54, 1.807) is 12.1 Å². The summed E-state index contributed by atoms with van der Waals surface area (Å²) in [6, 6.07) is 15.1. The van der Waals surface area contributed by atoms with Gasteiger partial charge in [-0.05, 0) is 38.4 Å². The molecule has 3 rings (SSSR count). The summed E-state index contributed by atoms with van der Waals surface area (Å²) in [4.78, 5) is 6.22. The molecular formula is C19H20N4O3. The SMILES string of the molecule is CN(C)CCNc1oc(-c2ccc(COc3ccccc3)o2)nc1C#N. The molecule has 0 aliphatic heterocycles. The van der Waals surface area contributed by atoms with E-state index in [0.717, 1.165) is 12.3 Å². The molecule has 0 fully saturated rings. The van der Waals surface area contributed by atoms with Gasteiger partial charge in [0.2, 0.25) is 11.6 Å². The lowest BCUT2D eigenvalue weighted by Gasteiger charge is -2.09. The number of rotatable bonds is 8. The Morgan fingerprint density at radius 2 is 1.96 bits per heavy atom. The zero-order valence-electron chi connectivity index (χ0n) is 14.7. The summed E-state index contributed by atoms with van der Waals surface area (Å²) < 4.78 is 17.0. The maximum Gasteiger partial charge on any atom is 0.266 e. The lowest BCUT2D eigenvalue weighted by atomic mass is 10.3. The monoisotopic (exact) mass is 352 g/mol. The number of nitrogens with one attached hydrogen (secondary N) is 1. The minimum atomic E-state index is 0.206. The van der Waals surface area contributed by atoms with Crippen molar-refractivity contribution in [2.45, 2.75) is 6.61 Å². The van der Waals surface area contributed by atoms with Crippen molar-refractivity contribution in [1.29, 1.82) is 5.26 Å². The molecule has 0 aliphatic carbocycles. The normalized spacial score (nSPS) is 10.7. The van der Waals surface area contributed by atoms with Crippen molar-refractivity contribution < 1.29 is 13.6 Å². The van der Waals surface area contributed by atoms with Crippen molar-refractivity contribution in [3.63, 3.8) is 0 Å². The van der Waals surface area contributed by atoms with Crippen molar-refractivity contribution in [3.05, 3.63) is 53.9 Å². The van der Waals surface area contributed by atoms with Crippen molar-refractivity contribution in [2.75, 3.05) is 32.5 Å². The van der Waals surface area contributed by atoms with Crippen molar-refractivity contribution >= 4 is 5.88 Å². The molecule has 1 N–H and O–H groups in total. The van der Waals surface area contributed by atoms with Gasteiger partial charge in [-0.3, -0.25) is 0 Å². The van der Waals surface area contributed by atoms with Gasteiger partial charge in [0.25, 0.3) is 5.89 Å². The van der Waals surface area contributed by atoms with E-state index in [9.17, 15) is 5.26 Å². The number of likely N-dealkylation sites (N-methyl/N-ethyl adjacent to an activating group) is 1. The molecule has 0 saturated heterocycles. The van der Waals surface area contributed by atoms with E-state index in [1.807, 2.05) is 55.4 Å². The van der Waals surface area contributed by atoms with Gasteiger partial charge in [-0.1, -0.05) is 18.2 Å². The lowest BCUT2D eigenvalue weighted by Crippen LogP contribution is -2.20. The molecule has 0 spiro atoms. The molecule has 0 radical (unpaired) electrons. The predicted octanol–water partition coefficient (Wildman–Crippen LogP) is 3.36. The Labute approximate surface area is 151 Å². The topological polar surface area (TPSA) is 87.5 Å². The molecule has 2 aromatic heterocycles. The zero-order valence-corrected chi connectivity index (χ0v) is 14.7. The number of anilines is 1. The van der Waals surface area contributed by atoms with Gasteiger partial charge < -0.3 is 23.8 Å². The Balaban J connectivity index is 1.66. The Morgan fingerprint density at radius 3 is 2.69 bits per heavy atom. The van der Waals surface area contributed by atoms with Crippen LogP contribution in [0.2, 0.25) is 0 Å². The average Bonchev–Trinajstić information content (AvgIpc) is 3.27. The van der Waals surface area contributed by atoms with Crippen LogP contribution in [-0.4, -0.2) is 37.1 Å². The maximum atomic E-state index is 9.23. The van der Waals surface area contributed by atoms with Crippen LogP contribution in [0.15, 0.2) is 51.3 Å². The molecule has 3 aromatic rings. The Morgan fingerprint density at radius 1 is 1.15 bits per heavy atom. The van der Waals surface area contributed by atoms with Crippen LogP contribution in [0.3, 0.4) is 0 Å². The molecule has 0 aliphatic rings. The third kappa shape index (κ3) is 4.43. The standard InChI is InChI=1S/C19H20N4O3/c1-23(2)11-10-21-18-16(12-20)22-19(26-18)17-9-8-15(25-17)13-24-14-6-4-3-5-7-14/h3-9,21H,10-11,13H2,1-2H3. The van der Waals surface area contributed by atoms with E-state index in [1.165, 1.54) is 0 Å². The number of benzene rings is 1. The first-order valence-corrected chi connectivity index (χ1v) is 8.22. The summed E-state index contributed by atoms with van der Waals surface area (Å²) >= 11 is 0. The summed E-state index contributed by atoms with van der Waals surface area (Å²) in [6.45, 7) is 1.75. The van der Waals surface area contributed by atoms with Crippen LogP contribution in [0.4, 0.5) is 5.88 Å². The number of nitriles is 1. The third-order valence-corrected chi connectivity index (χ3v) is 3.57. The number of ether oxygens (including phenoxy) is 1. The smallest absolute Gasteiger partial charge is 0.266 e.